The summed E-state index contributed by atoms with van der Waals surface area (Å²) in [5.41, 5.74) is 0.128. The third kappa shape index (κ3) is 6.52. The fraction of sp³-hybridized carbons (Fsp3) is 0.308. The maximum absolute atomic E-state index is 13.4. The normalized spacial score (nSPS) is 17.0. The highest BCUT2D eigenvalue weighted by Gasteiger charge is 2.38. The number of carbonyl (C=O) groups is 1. The average molecular weight is 607 g/mol. The molecular formula is C26H26ClF3N8O4. The van der Waals surface area contributed by atoms with Crippen LogP contribution in [0.3, 0.4) is 0 Å². The van der Waals surface area contributed by atoms with Gasteiger partial charge in [-0.05, 0) is 40.6 Å². The molecule has 0 spiro atoms. The van der Waals surface area contributed by atoms with Crippen LogP contribution >= 0.6 is 12.4 Å². The molecule has 2 aromatic carbocycles. The van der Waals surface area contributed by atoms with Crippen LogP contribution in [0.15, 0.2) is 64.2 Å². The Bertz CT molecular complexity index is 1630. The maximum atomic E-state index is 13.4. The van der Waals surface area contributed by atoms with Gasteiger partial charge in [-0.15, -0.1) is 17.5 Å². The highest BCUT2D eigenvalue weighted by Crippen LogP contribution is 2.31. The van der Waals surface area contributed by atoms with Crippen LogP contribution in [0.2, 0.25) is 0 Å². The van der Waals surface area contributed by atoms with E-state index >= 15 is 0 Å². The number of alkyl halides is 3. The van der Waals surface area contributed by atoms with Gasteiger partial charge in [0.2, 0.25) is 0 Å². The second-order valence-corrected chi connectivity index (χ2v) is 9.45. The Kier molecular flexibility index (Phi) is 9.11. The number of aromatic nitrogens is 6. The molecule has 4 aromatic rings. The van der Waals surface area contributed by atoms with Gasteiger partial charge in [-0.2, -0.15) is 17.9 Å². The van der Waals surface area contributed by atoms with Gasteiger partial charge in [0, 0.05) is 43.2 Å². The predicted molar refractivity (Wildman–Crippen MR) is 146 cm³/mol. The summed E-state index contributed by atoms with van der Waals surface area (Å²) in [7, 11) is 1.46. The van der Waals surface area contributed by atoms with Crippen LogP contribution in [-0.4, -0.2) is 67.2 Å². The van der Waals surface area contributed by atoms with Gasteiger partial charge in [0.25, 0.3) is 17.3 Å². The second-order valence-electron chi connectivity index (χ2n) is 9.45. The predicted octanol–water partition coefficient (Wildman–Crippen LogP) is 2.28. The van der Waals surface area contributed by atoms with Crippen LogP contribution in [0.25, 0.3) is 5.69 Å². The number of ether oxygens (including phenoxy) is 1. The summed E-state index contributed by atoms with van der Waals surface area (Å²) >= 11 is 0. The van der Waals surface area contributed by atoms with E-state index in [1.54, 1.807) is 11.0 Å². The molecule has 0 saturated carbocycles. The van der Waals surface area contributed by atoms with E-state index in [1.165, 1.54) is 19.2 Å². The molecule has 2 unspecified atom stereocenters. The number of piperidine rings is 1. The Morgan fingerprint density at radius 3 is 2.57 bits per heavy atom. The van der Waals surface area contributed by atoms with Crippen LogP contribution < -0.4 is 21.3 Å². The van der Waals surface area contributed by atoms with Crippen LogP contribution in [0.5, 0.6) is 5.75 Å². The van der Waals surface area contributed by atoms with Gasteiger partial charge < -0.3 is 19.9 Å². The van der Waals surface area contributed by atoms with Gasteiger partial charge >= 0.3 is 11.9 Å². The Balaban J connectivity index is 0.00000405. The number of hydrogen-bond acceptors (Lipinski definition) is 8. The first kappa shape index (κ1) is 30.5. The zero-order valence-electron chi connectivity index (χ0n) is 22.1. The van der Waals surface area contributed by atoms with Crippen molar-refractivity contribution in [2.75, 3.05) is 20.2 Å². The molecule has 222 valence electrons. The molecule has 12 nitrogen and oxygen atoms in total. The minimum Gasteiger partial charge on any atom is -0.496 e. The maximum Gasteiger partial charge on any atom is 0.453 e. The summed E-state index contributed by atoms with van der Waals surface area (Å²) in [6.45, 7) is 0.876. The van der Waals surface area contributed by atoms with Crippen molar-refractivity contribution in [2.45, 2.75) is 31.1 Å². The molecule has 42 heavy (non-hydrogen) atoms. The number of H-pyrrole nitrogens is 2. The van der Waals surface area contributed by atoms with Crippen molar-refractivity contribution in [2.24, 2.45) is 0 Å². The lowest BCUT2D eigenvalue weighted by Crippen LogP contribution is -2.50. The first-order chi connectivity index (χ1) is 19.6. The fourth-order valence-electron chi connectivity index (χ4n) is 4.99. The van der Waals surface area contributed by atoms with Crippen LogP contribution in [0.1, 0.15) is 39.8 Å². The number of amides is 1. The first-order valence-electron chi connectivity index (χ1n) is 12.6. The Morgan fingerprint density at radius 1 is 1.12 bits per heavy atom. The number of halogens is 4. The SMILES string of the molecule is COc1ccc(-n2nnnc2C(F)(F)F)cc1CNC1CCN(C(=O)c2cc(=O)[nH]c(=O)[nH]2)CC1c1ccccc1.Cl. The third-order valence-electron chi connectivity index (χ3n) is 6.90. The number of nitrogens with one attached hydrogen (secondary N) is 3. The standard InChI is InChI=1S/C26H25F3N8O4.ClH/c1-41-21-8-7-17(37-24(26(27,28)29)33-34-35-37)11-16(21)13-30-19-9-10-36(14-18(19)15-5-3-2-4-6-15)23(39)20-12-22(38)32-25(40)31-20;/h2-8,11-12,18-19,30H,9-10,13-14H2,1H3,(H2,31,32,38,40);1H. The number of aromatic amines is 2. The van der Waals surface area contributed by atoms with Crippen molar-refractivity contribution < 1.29 is 22.7 Å². The number of benzene rings is 2. The molecule has 0 aliphatic carbocycles. The van der Waals surface area contributed by atoms with Gasteiger partial charge in [-0.3, -0.25) is 14.6 Å². The summed E-state index contributed by atoms with van der Waals surface area (Å²) in [4.78, 5) is 42.6. The Morgan fingerprint density at radius 2 is 1.88 bits per heavy atom. The van der Waals surface area contributed by atoms with E-state index in [4.69, 9.17) is 4.74 Å². The number of methoxy groups -OCH3 is 1. The molecule has 0 bridgehead atoms. The molecule has 1 saturated heterocycles. The molecule has 1 aliphatic heterocycles. The zero-order chi connectivity index (χ0) is 29.1. The van der Waals surface area contributed by atoms with E-state index in [2.05, 4.69) is 25.8 Å². The van der Waals surface area contributed by atoms with Gasteiger partial charge in [0.15, 0.2) is 0 Å². The molecular weight excluding hydrogens is 581 g/mol. The van der Waals surface area contributed by atoms with Gasteiger partial charge in [-0.1, -0.05) is 30.3 Å². The Labute approximate surface area is 242 Å². The molecule has 3 N–H and O–H groups in total. The quantitative estimate of drug-likeness (QED) is 0.290. The lowest BCUT2D eigenvalue weighted by molar-refractivity contribution is -0.146. The van der Waals surface area contributed by atoms with Gasteiger partial charge in [0.05, 0.1) is 12.8 Å². The monoisotopic (exact) mass is 606 g/mol. The molecule has 2 aromatic heterocycles. The average Bonchev–Trinajstić information content (AvgIpc) is 3.47. The van der Waals surface area contributed by atoms with Crippen LogP contribution in [-0.2, 0) is 12.7 Å². The number of tetrazole rings is 1. The van der Waals surface area contributed by atoms with Crippen LogP contribution in [0, 0.1) is 0 Å². The minimum atomic E-state index is -4.74. The van der Waals surface area contributed by atoms with E-state index < -0.39 is 29.2 Å². The molecule has 1 aliphatic rings. The summed E-state index contributed by atoms with van der Waals surface area (Å²) < 4.78 is 46.2. The summed E-state index contributed by atoms with van der Waals surface area (Å²) in [5.74, 6) is -1.42. The molecule has 1 fully saturated rings. The van der Waals surface area contributed by atoms with Crippen molar-refractivity contribution in [3.8, 4) is 11.4 Å². The van der Waals surface area contributed by atoms with Crippen molar-refractivity contribution in [1.82, 2.24) is 40.4 Å². The fourth-order valence-corrected chi connectivity index (χ4v) is 4.99. The summed E-state index contributed by atoms with van der Waals surface area (Å²) in [6, 6.07) is 15.0. The lowest BCUT2D eigenvalue weighted by atomic mass is 9.85. The summed E-state index contributed by atoms with van der Waals surface area (Å²) in [6.07, 6.45) is -4.22. The Hall–Kier alpha value is -4.50. The van der Waals surface area contributed by atoms with Gasteiger partial charge in [-0.25, -0.2) is 4.79 Å². The lowest BCUT2D eigenvalue weighted by Gasteiger charge is -2.39. The number of likely N-dealkylation sites (tertiary alicyclic amines) is 1. The van der Waals surface area contributed by atoms with E-state index in [0.29, 0.717) is 35.5 Å². The molecule has 5 rings (SSSR count). The van der Waals surface area contributed by atoms with E-state index in [9.17, 15) is 27.6 Å². The number of nitrogens with zero attached hydrogens (tertiary/aromatic N) is 5. The largest absolute Gasteiger partial charge is 0.496 e. The second kappa shape index (κ2) is 12.6. The number of rotatable bonds is 7. The number of hydrogen-bond donors (Lipinski definition) is 3. The highest BCUT2D eigenvalue weighted by molar-refractivity contribution is 5.92. The first-order valence-corrected chi connectivity index (χ1v) is 12.6. The minimum absolute atomic E-state index is 0. The number of carbonyl (C=O) groups excluding carboxylic acids is 1. The third-order valence-corrected chi connectivity index (χ3v) is 6.90. The van der Waals surface area contributed by atoms with E-state index in [0.717, 1.165) is 11.6 Å². The molecule has 2 atom stereocenters. The molecule has 16 heteroatoms. The van der Waals surface area contributed by atoms with Crippen LogP contribution in [0.4, 0.5) is 13.2 Å². The van der Waals surface area contributed by atoms with Crippen molar-refractivity contribution >= 4 is 18.3 Å². The van der Waals surface area contributed by atoms with Crippen molar-refractivity contribution in [3.05, 3.63) is 98.1 Å². The van der Waals surface area contributed by atoms with Crippen molar-refractivity contribution in [3.63, 3.8) is 0 Å². The zero-order valence-corrected chi connectivity index (χ0v) is 22.9. The topological polar surface area (TPSA) is 151 Å². The molecule has 1 amide bonds. The van der Waals surface area contributed by atoms with E-state index in [1.807, 2.05) is 35.3 Å². The highest BCUT2D eigenvalue weighted by atomic mass is 35.5. The van der Waals surface area contributed by atoms with E-state index in [-0.39, 0.29) is 42.3 Å². The van der Waals surface area contributed by atoms with Crippen molar-refractivity contribution in [1.29, 1.82) is 0 Å². The summed E-state index contributed by atoms with van der Waals surface area (Å²) in [5, 5.41) is 13.3. The smallest absolute Gasteiger partial charge is 0.453 e. The molecule has 0 radical (unpaired) electrons. The van der Waals surface area contributed by atoms with Gasteiger partial charge in [0.1, 0.15) is 11.4 Å². The molecule has 3 heterocycles.